The fourth-order valence-corrected chi connectivity index (χ4v) is 4.42. The molecule has 4 rings (SSSR count). The number of methoxy groups -OCH3 is 2. The molecule has 8 nitrogen and oxygen atoms in total. The van der Waals surface area contributed by atoms with Gasteiger partial charge in [0.25, 0.3) is 0 Å². The van der Waals surface area contributed by atoms with Gasteiger partial charge < -0.3 is 23.7 Å². The lowest BCUT2D eigenvalue weighted by Crippen LogP contribution is -2.48. The maximum atomic E-state index is 12.9. The summed E-state index contributed by atoms with van der Waals surface area (Å²) in [5.41, 5.74) is 2.15. The number of ether oxygens (including phenoxy) is 3. The smallest absolute Gasteiger partial charge is 0.344 e. The SMILES string of the molecule is COc1ccc(-c2c(C)c3ccc(OCCN4CCN(CCO)CC4)cc3oc2=O)cc1OC.Cl.Cl. The predicted octanol–water partition coefficient (Wildman–Crippen LogP) is 3.62. The number of piperazine rings is 1. The highest BCUT2D eigenvalue weighted by Crippen LogP contribution is 2.34. The van der Waals surface area contributed by atoms with Crippen LogP contribution in [0.4, 0.5) is 0 Å². The summed E-state index contributed by atoms with van der Waals surface area (Å²) in [6, 6.07) is 11.0. The van der Waals surface area contributed by atoms with E-state index in [4.69, 9.17) is 23.7 Å². The number of nitrogens with zero attached hydrogens (tertiary/aromatic N) is 2. The molecule has 2 heterocycles. The predicted molar refractivity (Wildman–Crippen MR) is 146 cm³/mol. The van der Waals surface area contributed by atoms with Crippen molar-refractivity contribution in [1.29, 1.82) is 0 Å². The van der Waals surface area contributed by atoms with Gasteiger partial charge in [-0.05, 0) is 42.3 Å². The normalized spacial score (nSPS) is 14.1. The summed E-state index contributed by atoms with van der Waals surface area (Å²) in [5, 5.41) is 9.92. The lowest BCUT2D eigenvalue weighted by atomic mass is 9.99. The maximum absolute atomic E-state index is 12.9. The van der Waals surface area contributed by atoms with E-state index in [0.717, 1.165) is 50.2 Å². The molecule has 0 saturated carbocycles. The van der Waals surface area contributed by atoms with Gasteiger partial charge in [0.1, 0.15) is 17.9 Å². The van der Waals surface area contributed by atoms with Crippen LogP contribution in [0.5, 0.6) is 17.2 Å². The Labute approximate surface area is 223 Å². The average molecular weight is 541 g/mol. The minimum Gasteiger partial charge on any atom is -0.493 e. The molecule has 0 amide bonds. The molecule has 1 fully saturated rings. The first-order chi connectivity index (χ1) is 16.5. The fourth-order valence-electron chi connectivity index (χ4n) is 4.42. The Hall–Kier alpha value is -2.49. The van der Waals surface area contributed by atoms with Crippen LogP contribution in [0.2, 0.25) is 0 Å². The lowest BCUT2D eigenvalue weighted by molar-refractivity contribution is 0.102. The molecule has 0 unspecified atom stereocenters. The standard InChI is InChI=1S/C26H32N2O6.2ClH/c1-18-21-6-5-20(33-15-13-28-10-8-27(9-11-28)12-14-29)17-23(21)34-26(30)25(18)19-4-7-22(31-2)24(16-19)32-3;;/h4-7,16-17,29H,8-15H2,1-3H3;2*1H. The van der Waals surface area contributed by atoms with E-state index in [0.29, 0.717) is 40.6 Å². The highest BCUT2D eigenvalue weighted by atomic mass is 35.5. The molecule has 0 aliphatic carbocycles. The van der Waals surface area contributed by atoms with Gasteiger partial charge in [0.2, 0.25) is 0 Å². The maximum Gasteiger partial charge on any atom is 0.344 e. The zero-order chi connectivity index (χ0) is 24.1. The molecular weight excluding hydrogens is 507 g/mol. The molecule has 1 aromatic heterocycles. The van der Waals surface area contributed by atoms with Crippen molar-refractivity contribution >= 4 is 35.8 Å². The van der Waals surface area contributed by atoms with Crippen LogP contribution in [0.25, 0.3) is 22.1 Å². The van der Waals surface area contributed by atoms with Crippen LogP contribution in [-0.4, -0.2) is 81.6 Å². The van der Waals surface area contributed by atoms with Gasteiger partial charge >= 0.3 is 5.63 Å². The fraction of sp³-hybridized carbons (Fsp3) is 0.423. The van der Waals surface area contributed by atoms with E-state index in [2.05, 4.69) is 9.80 Å². The van der Waals surface area contributed by atoms with Crippen LogP contribution in [0.1, 0.15) is 5.56 Å². The van der Waals surface area contributed by atoms with Gasteiger partial charge in [-0.25, -0.2) is 4.79 Å². The molecule has 0 spiro atoms. The lowest BCUT2D eigenvalue weighted by Gasteiger charge is -2.34. The van der Waals surface area contributed by atoms with Crippen molar-refractivity contribution in [2.24, 2.45) is 0 Å². The summed E-state index contributed by atoms with van der Waals surface area (Å²) in [4.78, 5) is 17.5. The quantitative estimate of drug-likeness (QED) is 0.412. The Kier molecular flexibility index (Phi) is 11.3. The topological polar surface area (TPSA) is 84.6 Å². The first-order valence-electron chi connectivity index (χ1n) is 11.5. The third kappa shape index (κ3) is 6.63. The number of aliphatic hydroxyl groups excluding tert-OH is 1. The zero-order valence-electron chi connectivity index (χ0n) is 20.8. The van der Waals surface area contributed by atoms with E-state index in [9.17, 15) is 4.79 Å². The van der Waals surface area contributed by atoms with Gasteiger partial charge in [-0.1, -0.05) is 6.07 Å². The van der Waals surface area contributed by atoms with E-state index in [-0.39, 0.29) is 31.4 Å². The van der Waals surface area contributed by atoms with Crippen LogP contribution in [0.15, 0.2) is 45.6 Å². The number of hydrogen-bond donors (Lipinski definition) is 1. The molecule has 0 atom stereocenters. The largest absolute Gasteiger partial charge is 0.493 e. The van der Waals surface area contributed by atoms with Crippen LogP contribution in [-0.2, 0) is 0 Å². The van der Waals surface area contributed by atoms with E-state index in [1.165, 1.54) is 0 Å². The summed E-state index contributed by atoms with van der Waals surface area (Å²) in [7, 11) is 3.14. The second-order valence-electron chi connectivity index (χ2n) is 8.37. The molecule has 2 aromatic carbocycles. The highest BCUT2D eigenvalue weighted by Gasteiger charge is 2.18. The minimum absolute atomic E-state index is 0. The summed E-state index contributed by atoms with van der Waals surface area (Å²) >= 11 is 0. The average Bonchev–Trinajstić information content (AvgIpc) is 2.85. The molecule has 36 heavy (non-hydrogen) atoms. The van der Waals surface area contributed by atoms with Gasteiger partial charge in [-0.3, -0.25) is 9.80 Å². The van der Waals surface area contributed by atoms with Gasteiger partial charge in [0.15, 0.2) is 11.5 Å². The van der Waals surface area contributed by atoms with Crippen LogP contribution in [0, 0.1) is 6.92 Å². The van der Waals surface area contributed by atoms with Crippen molar-refractivity contribution in [3.05, 3.63) is 52.4 Å². The molecule has 0 bridgehead atoms. The van der Waals surface area contributed by atoms with Crippen molar-refractivity contribution in [1.82, 2.24) is 9.80 Å². The number of aliphatic hydroxyl groups is 1. The monoisotopic (exact) mass is 540 g/mol. The molecule has 1 saturated heterocycles. The molecule has 0 radical (unpaired) electrons. The third-order valence-electron chi connectivity index (χ3n) is 6.37. The van der Waals surface area contributed by atoms with Crippen molar-refractivity contribution in [2.75, 3.05) is 66.7 Å². The first kappa shape index (κ1) is 29.7. The molecule has 3 aromatic rings. The van der Waals surface area contributed by atoms with E-state index in [1.807, 2.05) is 25.1 Å². The molecular formula is C26H34Cl2N2O6. The molecule has 1 N–H and O–H groups in total. The summed E-state index contributed by atoms with van der Waals surface area (Å²) in [5.74, 6) is 1.83. The highest BCUT2D eigenvalue weighted by molar-refractivity contribution is 5.87. The summed E-state index contributed by atoms with van der Waals surface area (Å²) < 4.78 is 22.3. The van der Waals surface area contributed by atoms with Crippen molar-refractivity contribution in [3.8, 4) is 28.4 Å². The van der Waals surface area contributed by atoms with Gasteiger partial charge in [0.05, 0.1) is 26.4 Å². The zero-order valence-corrected chi connectivity index (χ0v) is 22.5. The van der Waals surface area contributed by atoms with E-state index < -0.39 is 5.63 Å². The summed E-state index contributed by atoms with van der Waals surface area (Å²) in [6.45, 7) is 8.10. The van der Waals surface area contributed by atoms with Crippen LogP contribution < -0.4 is 19.8 Å². The second-order valence-corrected chi connectivity index (χ2v) is 8.37. The molecule has 10 heteroatoms. The van der Waals surface area contributed by atoms with Crippen LogP contribution in [0.3, 0.4) is 0 Å². The van der Waals surface area contributed by atoms with Gasteiger partial charge in [0, 0.05) is 50.7 Å². The minimum atomic E-state index is -0.407. The molecule has 1 aliphatic heterocycles. The second kappa shape index (κ2) is 13.7. The number of β-amino-alcohol motifs (C(OH)–C–C–N with tert-alkyl or cyclic N) is 1. The Morgan fingerprint density at radius 1 is 0.917 bits per heavy atom. The van der Waals surface area contributed by atoms with Crippen molar-refractivity contribution in [2.45, 2.75) is 6.92 Å². The van der Waals surface area contributed by atoms with Crippen molar-refractivity contribution < 1.29 is 23.7 Å². The van der Waals surface area contributed by atoms with Crippen molar-refractivity contribution in [3.63, 3.8) is 0 Å². The van der Waals surface area contributed by atoms with Gasteiger partial charge in [-0.15, -0.1) is 24.8 Å². The Balaban J connectivity index is 0.00000228. The Bertz CT molecular complexity index is 1200. The van der Waals surface area contributed by atoms with Crippen LogP contribution >= 0.6 is 24.8 Å². The number of hydrogen-bond acceptors (Lipinski definition) is 8. The summed E-state index contributed by atoms with van der Waals surface area (Å²) in [6.07, 6.45) is 0. The molecule has 1 aliphatic rings. The number of halogens is 2. The third-order valence-corrected chi connectivity index (χ3v) is 6.37. The number of aryl methyl sites for hydroxylation is 1. The number of rotatable bonds is 9. The molecule has 198 valence electrons. The number of fused-ring (bicyclic) bond motifs is 1. The Morgan fingerprint density at radius 3 is 2.22 bits per heavy atom. The van der Waals surface area contributed by atoms with E-state index >= 15 is 0 Å². The Morgan fingerprint density at radius 2 is 1.58 bits per heavy atom. The van der Waals surface area contributed by atoms with Gasteiger partial charge in [-0.2, -0.15) is 0 Å². The van der Waals surface area contributed by atoms with E-state index in [1.54, 1.807) is 32.4 Å². The first-order valence-corrected chi connectivity index (χ1v) is 11.5. The number of benzene rings is 2.